The van der Waals surface area contributed by atoms with Crippen LogP contribution in [-0.4, -0.2) is 30.8 Å². The average Bonchev–Trinajstić information content (AvgIpc) is 2.93. The number of rotatable bonds is 2. The van der Waals surface area contributed by atoms with E-state index in [1.54, 1.807) is 0 Å². The molecule has 3 aromatic rings. The van der Waals surface area contributed by atoms with Crippen molar-refractivity contribution in [3.8, 4) is 5.95 Å². The first kappa shape index (κ1) is 10.5. The number of aromatic nitrogens is 4. The lowest BCUT2D eigenvalue weighted by Gasteiger charge is -1.92. The van der Waals surface area contributed by atoms with E-state index in [-0.39, 0.29) is 5.56 Å². The van der Waals surface area contributed by atoms with Gasteiger partial charge < -0.3 is 10.1 Å². The number of aryl methyl sites for hydroxylation is 1. The maximum absolute atomic E-state index is 10.8. The molecule has 0 aliphatic carbocycles. The van der Waals surface area contributed by atoms with Gasteiger partial charge in [0.15, 0.2) is 0 Å². The van der Waals surface area contributed by atoms with Crippen LogP contribution in [0.1, 0.15) is 15.9 Å². The molecule has 0 fully saturated rings. The van der Waals surface area contributed by atoms with E-state index in [0.717, 1.165) is 16.6 Å². The van der Waals surface area contributed by atoms with Gasteiger partial charge in [-0.3, -0.25) is 0 Å². The highest BCUT2D eigenvalue weighted by atomic mass is 16.4. The molecule has 18 heavy (non-hydrogen) atoms. The lowest BCUT2D eigenvalue weighted by molar-refractivity contribution is 0.0697. The Morgan fingerprint density at radius 2 is 2.28 bits per heavy atom. The van der Waals surface area contributed by atoms with E-state index in [0.29, 0.717) is 5.95 Å². The Morgan fingerprint density at radius 3 is 3.00 bits per heavy atom. The third kappa shape index (κ3) is 1.64. The molecule has 90 valence electrons. The summed E-state index contributed by atoms with van der Waals surface area (Å²) in [5.74, 6) is -0.503. The van der Waals surface area contributed by atoms with Gasteiger partial charge in [-0.15, -0.1) is 0 Å². The van der Waals surface area contributed by atoms with Crippen molar-refractivity contribution in [2.24, 2.45) is 0 Å². The summed E-state index contributed by atoms with van der Waals surface area (Å²) < 4.78 is 1.42. The molecule has 2 aromatic heterocycles. The molecule has 0 radical (unpaired) electrons. The third-order valence-electron chi connectivity index (χ3n) is 2.67. The topological polar surface area (TPSA) is 83.8 Å². The molecule has 2 heterocycles. The van der Waals surface area contributed by atoms with Crippen LogP contribution in [0.4, 0.5) is 0 Å². The number of nitrogens with one attached hydrogen (secondary N) is 1. The summed E-state index contributed by atoms with van der Waals surface area (Å²) >= 11 is 0. The van der Waals surface area contributed by atoms with Gasteiger partial charge in [-0.1, -0.05) is 6.07 Å². The number of imidazole rings is 1. The Morgan fingerprint density at radius 1 is 1.44 bits per heavy atom. The van der Waals surface area contributed by atoms with Gasteiger partial charge in [-0.2, -0.15) is 5.10 Å². The van der Waals surface area contributed by atoms with Gasteiger partial charge in [-0.05, 0) is 24.6 Å². The predicted molar refractivity (Wildman–Crippen MR) is 64.9 cm³/mol. The Labute approximate surface area is 102 Å². The molecule has 0 aliphatic heterocycles. The Bertz CT molecular complexity index is 741. The zero-order valence-electron chi connectivity index (χ0n) is 9.58. The maximum atomic E-state index is 10.8. The van der Waals surface area contributed by atoms with E-state index in [4.69, 9.17) is 5.11 Å². The van der Waals surface area contributed by atoms with Gasteiger partial charge in [0.05, 0.1) is 22.8 Å². The Balaban J connectivity index is 2.10. The highest BCUT2D eigenvalue weighted by Gasteiger charge is 2.10. The van der Waals surface area contributed by atoms with Gasteiger partial charge in [0.25, 0.3) is 0 Å². The number of nitrogens with zero attached hydrogens (tertiary/aromatic N) is 3. The second-order valence-corrected chi connectivity index (χ2v) is 4.06. The molecule has 0 aliphatic rings. The average molecular weight is 242 g/mol. The number of carboxylic acids is 1. The number of hydrogen-bond donors (Lipinski definition) is 2. The molecule has 1 aromatic carbocycles. The van der Waals surface area contributed by atoms with Crippen molar-refractivity contribution in [1.82, 2.24) is 19.7 Å². The molecule has 0 atom stereocenters. The second kappa shape index (κ2) is 3.69. The normalized spacial score (nSPS) is 10.9. The zero-order chi connectivity index (χ0) is 12.7. The number of H-pyrrole nitrogens is 1. The first-order valence-electron chi connectivity index (χ1n) is 5.38. The number of carbonyl (C=O) groups is 1. The summed E-state index contributed by atoms with van der Waals surface area (Å²) in [6.07, 6.45) is 2.72. The quantitative estimate of drug-likeness (QED) is 0.717. The number of fused-ring (bicyclic) bond motifs is 1. The Kier molecular flexibility index (Phi) is 2.16. The molecule has 0 amide bonds. The van der Waals surface area contributed by atoms with Gasteiger partial charge in [0.2, 0.25) is 5.95 Å². The van der Waals surface area contributed by atoms with Crippen molar-refractivity contribution < 1.29 is 9.90 Å². The van der Waals surface area contributed by atoms with Crippen LogP contribution in [0.25, 0.3) is 17.0 Å². The monoisotopic (exact) mass is 242 g/mol. The SMILES string of the molecule is Cc1ccc2nc(-n3cc(C(=O)O)cn3)[nH]c2c1. The molecular formula is C12H10N4O2. The molecule has 6 nitrogen and oxygen atoms in total. The number of carboxylic acid groups (broad SMARTS) is 1. The van der Waals surface area contributed by atoms with Crippen molar-refractivity contribution in [3.63, 3.8) is 0 Å². The van der Waals surface area contributed by atoms with Crippen LogP contribution in [0.15, 0.2) is 30.6 Å². The zero-order valence-corrected chi connectivity index (χ0v) is 9.58. The number of hydrogen-bond acceptors (Lipinski definition) is 3. The van der Waals surface area contributed by atoms with Gasteiger partial charge in [0, 0.05) is 6.20 Å². The minimum atomic E-state index is -1.01. The van der Waals surface area contributed by atoms with Crippen LogP contribution in [0.3, 0.4) is 0 Å². The highest BCUT2D eigenvalue weighted by Crippen LogP contribution is 2.15. The lowest BCUT2D eigenvalue weighted by atomic mass is 10.2. The van der Waals surface area contributed by atoms with E-state index in [1.165, 1.54) is 17.1 Å². The van der Waals surface area contributed by atoms with Gasteiger partial charge >= 0.3 is 5.97 Å². The van der Waals surface area contributed by atoms with Crippen molar-refractivity contribution >= 4 is 17.0 Å². The number of benzene rings is 1. The maximum Gasteiger partial charge on any atom is 0.338 e. The van der Waals surface area contributed by atoms with Crippen LogP contribution in [0, 0.1) is 6.92 Å². The summed E-state index contributed by atoms with van der Waals surface area (Å²) in [7, 11) is 0. The van der Waals surface area contributed by atoms with Crippen molar-refractivity contribution in [1.29, 1.82) is 0 Å². The van der Waals surface area contributed by atoms with Crippen LogP contribution in [-0.2, 0) is 0 Å². The molecule has 6 heteroatoms. The summed E-state index contributed by atoms with van der Waals surface area (Å²) in [6, 6.07) is 5.86. The van der Waals surface area contributed by atoms with Crippen molar-refractivity contribution in [2.45, 2.75) is 6.92 Å². The molecule has 0 bridgehead atoms. The standard InChI is InChI=1S/C12H10N4O2/c1-7-2-3-9-10(4-7)15-12(14-9)16-6-8(5-13-16)11(17)18/h2-6H,1H3,(H,14,15)(H,17,18). The van der Waals surface area contributed by atoms with Crippen LogP contribution in [0.2, 0.25) is 0 Å². The van der Waals surface area contributed by atoms with Crippen LogP contribution < -0.4 is 0 Å². The van der Waals surface area contributed by atoms with Crippen LogP contribution >= 0.6 is 0 Å². The fraction of sp³-hybridized carbons (Fsp3) is 0.0833. The minimum Gasteiger partial charge on any atom is -0.478 e. The predicted octanol–water partition coefficient (Wildman–Crippen LogP) is 1.76. The van der Waals surface area contributed by atoms with Crippen LogP contribution in [0.5, 0.6) is 0 Å². The molecule has 0 spiro atoms. The van der Waals surface area contributed by atoms with Crippen molar-refractivity contribution in [3.05, 3.63) is 41.7 Å². The molecule has 0 unspecified atom stereocenters. The largest absolute Gasteiger partial charge is 0.478 e. The molecule has 3 rings (SSSR count). The van der Waals surface area contributed by atoms with Crippen molar-refractivity contribution in [2.75, 3.05) is 0 Å². The summed E-state index contributed by atoms with van der Waals surface area (Å²) in [5.41, 5.74) is 2.98. The summed E-state index contributed by atoms with van der Waals surface area (Å²) in [5, 5.41) is 12.8. The fourth-order valence-corrected chi connectivity index (χ4v) is 1.77. The second-order valence-electron chi connectivity index (χ2n) is 4.06. The van der Waals surface area contributed by atoms with Gasteiger partial charge in [-0.25, -0.2) is 14.5 Å². The third-order valence-corrected chi connectivity index (χ3v) is 2.67. The molecule has 0 saturated heterocycles. The highest BCUT2D eigenvalue weighted by molar-refractivity contribution is 5.87. The van der Waals surface area contributed by atoms with E-state index < -0.39 is 5.97 Å². The van der Waals surface area contributed by atoms with E-state index in [2.05, 4.69) is 15.1 Å². The van der Waals surface area contributed by atoms with Gasteiger partial charge in [0.1, 0.15) is 0 Å². The van der Waals surface area contributed by atoms with E-state index in [1.807, 2.05) is 25.1 Å². The number of aromatic carboxylic acids is 1. The summed E-state index contributed by atoms with van der Waals surface area (Å²) in [4.78, 5) is 18.2. The molecule has 0 saturated carbocycles. The molecular weight excluding hydrogens is 232 g/mol. The molecule has 2 N–H and O–H groups in total. The van der Waals surface area contributed by atoms with E-state index >= 15 is 0 Å². The first-order valence-corrected chi connectivity index (χ1v) is 5.38. The number of aromatic amines is 1. The lowest BCUT2D eigenvalue weighted by Crippen LogP contribution is -1.97. The van der Waals surface area contributed by atoms with E-state index in [9.17, 15) is 4.79 Å². The first-order chi connectivity index (χ1) is 8.63. The minimum absolute atomic E-state index is 0.131. The Hall–Kier alpha value is -2.63. The summed E-state index contributed by atoms with van der Waals surface area (Å²) in [6.45, 7) is 2.00. The fourth-order valence-electron chi connectivity index (χ4n) is 1.77. The smallest absolute Gasteiger partial charge is 0.338 e.